The number of carbonyl (C=O) groups excluding carboxylic acids is 1. The van der Waals surface area contributed by atoms with Gasteiger partial charge in [0.2, 0.25) is 0 Å². The van der Waals surface area contributed by atoms with Crippen molar-refractivity contribution in [2.24, 2.45) is 0 Å². The van der Waals surface area contributed by atoms with E-state index in [1.165, 1.54) is 32.1 Å². The van der Waals surface area contributed by atoms with E-state index in [-0.39, 0.29) is 5.91 Å². The maximum Gasteiger partial charge on any atom is 0.251 e. The second-order valence-electron chi connectivity index (χ2n) is 6.60. The molecule has 2 aromatic carbocycles. The number of hydrogen-bond acceptors (Lipinski definition) is 2. The van der Waals surface area contributed by atoms with Gasteiger partial charge in [0, 0.05) is 12.1 Å². The molecule has 25 heavy (non-hydrogen) atoms. The Morgan fingerprint density at radius 3 is 2.40 bits per heavy atom. The van der Waals surface area contributed by atoms with Gasteiger partial charge in [-0.05, 0) is 47.9 Å². The molecule has 2 aromatic rings. The maximum atomic E-state index is 12.0. The summed E-state index contributed by atoms with van der Waals surface area (Å²) in [4.78, 5) is 12.0. The van der Waals surface area contributed by atoms with Crippen LogP contribution in [-0.2, 0) is 0 Å². The molecule has 0 aliphatic heterocycles. The number of fused-ring (bicyclic) bond motifs is 1. The van der Waals surface area contributed by atoms with Crippen LogP contribution >= 0.6 is 0 Å². The lowest BCUT2D eigenvalue weighted by atomic mass is 10.1. The summed E-state index contributed by atoms with van der Waals surface area (Å²) >= 11 is 0. The van der Waals surface area contributed by atoms with Crippen molar-refractivity contribution in [1.82, 2.24) is 5.32 Å². The molecular formula is C22H31NO2. The van der Waals surface area contributed by atoms with Gasteiger partial charge in [-0.1, -0.05) is 58.1 Å². The molecule has 0 aliphatic rings. The smallest absolute Gasteiger partial charge is 0.251 e. The van der Waals surface area contributed by atoms with E-state index in [4.69, 9.17) is 4.74 Å². The molecule has 0 spiro atoms. The molecule has 0 aromatic heterocycles. The van der Waals surface area contributed by atoms with Crippen LogP contribution in [0.4, 0.5) is 0 Å². The molecule has 136 valence electrons. The minimum atomic E-state index is -0.00727. The summed E-state index contributed by atoms with van der Waals surface area (Å²) in [6.45, 7) is 5.77. The summed E-state index contributed by atoms with van der Waals surface area (Å²) in [5.74, 6) is 0.899. The fourth-order valence-corrected chi connectivity index (χ4v) is 2.87. The zero-order valence-corrected chi connectivity index (χ0v) is 15.6. The Labute approximate surface area is 151 Å². The normalized spacial score (nSPS) is 10.8. The van der Waals surface area contributed by atoms with Crippen molar-refractivity contribution in [2.45, 2.75) is 58.8 Å². The summed E-state index contributed by atoms with van der Waals surface area (Å²) in [6.07, 6.45) is 8.55. The van der Waals surface area contributed by atoms with Crippen molar-refractivity contribution in [2.75, 3.05) is 13.2 Å². The number of ether oxygens (including phenoxy) is 1. The molecule has 0 atom stereocenters. The van der Waals surface area contributed by atoms with Gasteiger partial charge in [0.25, 0.3) is 5.91 Å². The van der Waals surface area contributed by atoms with Crippen LogP contribution in [0, 0.1) is 0 Å². The predicted octanol–water partition coefficient (Wildman–Crippen LogP) is 5.72. The van der Waals surface area contributed by atoms with Crippen molar-refractivity contribution in [3.8, 4) is 5.75 Å². The summed E-state index contributed by atoms with van der Waals surface area (Å²) in [5.41, 5.74) is 0.710. The molecule has 0 saturated carbocycles. The Hall–Kier alpha value is -2.03. The first-order chi connectivity index (χ1) is 12.2. The maximum absolute atomic E-state index is 12.0. The Kier molecular flexibility index (Phi) is 8.30. The van der Waals surface area contributed by atoms with Crippen molar-refractivity contribution >= 4 is 16.7 Å². The van der Waals surface area contributed by atoms with Gasteiger partial charge in [0.1, 0.15) is 5.75 Å². The highest BCUT2D eigenvalue weighted by molar-refractivity contribution is 5.98. The van der Waals surface area contributed by atoms with Crippen LogP contribution in [0.25, 0.3) is 10.8 Å². The van der Waals surface area contributed by atoms with E-state index in [1.54, 1.807) is 0 Å². The van der Waals surface area contributed by atoms with Crippen molar-refractivity contribution in [3.63, 3.8) is 0 Å². The number of amides is 1. The number of benzene rings is 2. The Morgan fingerprint density at radius 1 is 0.880 bits per heavy atom. The van der Waals surface area contributed by atoms with Crippen LogP contribution in [0.1, 0.15) is 69.2 Å². The molecule has 0 unspecified atom stereocenters. The van der Waals surface area contributed by atoms with Crippen molar-refractivity contribution in [1.29, 1.82) is 0 Å². The van der Waals surface area contributed by atoms with Gasteiger partial charge >= 0.3 is 0 Å². The highest BCUT2D eigenvalue weighted by atomic mass is 16.5. The molecule has 2 rings (SSSR count). The van der Waals surface area contributed by atoms with Gasteiger partial charge in [-0.25, -0.2) is 0 Å². The van der Waals surface area contributed by atoms with Crippen LogP contribution in [0.15, 0.2) is 36.4 Å². The second kappa shape index (κ2) is 10.8. The van der Waals surface area contributed by atoms with E-state index in [9.17, 15) is 4.79 Å². The zero-order valence-electron chi connectivity index (χ0n) is 15.6. The fraction of sp³-hybridized carbons (Fsp3) is 0.500. The number of nitrogens with one attached hydrogen (secondary N) is 1. The van der Waals surface area contributed by atoms with E-state index >= 15 is 0 Å². The largest absolute Gasteiger partial charge is 0.494 e. The number of rotatable bonds is 11. The minimum absolute atomic E-state index is 0.00727. The van der Waals surface area contributed by atoms with Gasteiger partial charge < -0.3 is 10.1 Å². The molecular weight excluding hydrogens is 310 g/mol. The van der Waals surface area contributed by atoms with E-state index in [2.05, 4.69) is 18.3 Å². The second-order valence-corrected chi connectivity index (χ2v) is 6.60. The van der Waals surface area contributed by atoms with Gasteiger partial charge in [0.05, 0.1) is 6.61 Å². The third kappa shape index (κ3) is 6.41. The molecule has 1 amide bonds. The lowest BCUT2D eigenvalue weighted by Gasteiger charge is -2.09. The number of hydrogen-bond donors (Lipinski definition) is 1. The van der Waals surface area contributed by atoms with Crippen LogP contribution in [-0.4, -0.2) is 19.1 Å². The zero-order chi connectivity index (χ0) is 17.9. The molecule has 0 saturated heterocycles. The predicted molar refractivity (Wildman–Crippen MR) is 105 cm³/mol. The Morgan fingerprint density at radius 2 is 1.60 bits per heavy atom. The van der Waals surface area contributed by atoms with E-state index in [0.29, 0.717) is 12.1 Å². The summed E-state index contributed by atoms with van der Waals surface area (Å²) in [5, 5.41) is 5.08. The Balaban J connectivity index is 1.86. The first-order valence-electron chi connectivity index (χ1n) is 9.69. The average molecular weight is 341 g/mol. The van der Waals surface area contributed by atoms with Crippen molar-refractivity contribution in [3.05, 3.63) is 42.0 Å². The number of carbonyl (C=O) groups is 1. The highest BCUT2D eigenvalue weighted by Crippen LogP contribution is 2.22. The minimum Gasteiger partial charge on any atom is -0.494 e. The topological polar surface area (TPSA) is 38.3 Å². The molecule has 1 N–H and O–H groups in total. The molecule has 0 aliphatic carbocycles. The summed E-state index contributed by atoms with van der Waals surface area (Å²) in [7, 11) is 0. The number of unbranched alkanes of at least 4 members (excludes halogenated alkanes) is 5. The van der Waals surface area contributed by atoms with Crippen LogP contribution in [0.5, 0.6) is 5.75 Å². The van der Waals surface area contributed by atoms with E-state index < -0.39 is 0 Å². The average Bonchev–Trinajstić information content (AvgIpc) is 2.64. The first kappa shape index (κ1) is 19.3. The molecule has 0 radical (unpaired) electrons. The van der Waals surface area contributed by atoms with Crippen LogP contribution in [0.2, 0.25) is 0 Å². The third-order valence-electron chi connectivity index (χ3n) is 4.38. The lowest BCUT2D eigenvalue weighted by Crippen LogP contribution is -2.23. The lowest BCUT2D eigenvalue weighted by molar-refractivity contribution is 0.0954. The van der Waals surface area contributed by atoms with Crippen LogP contribution < -0.4 is 10.1 Å². The van der Waals surface area contributed by atoms with Gasteiger partial charge in [-0.2, -0.15) is 0 Å². The summed E-state index contributed by atoms with van der Waals surface area (Å²) in [6, 6.07) is 11.9. The van der Waals surface area contributed by atoms with Gasteiger partial charge in [-0.15, -0.1) is 0 Å². The molecule has 3 heteroatoms. The highest BCUT2D eigenvalue weighted by Gasteiger charge is 2.06. The van der Waals surface area contributed by atoms with Gasteiger partial charge in [0.15, 0.2) is 0 Å². The molecule has 0 heterocycles. The monoisotopic (exact) mass is 341 g/mol. The van der Waals surface area contributed by atoms with Crippen molar-refractivity contribution < 1.29 is 9.53 Å². The van der Waals surface area contributed by atoms with Crippen LogP contribution in [0.3, 0.4) is 0 Å². The Bertz CT molecular complexity index is 666. The quantitative estimate of drug-likeness (QED) is 0.531. The van der Waals surface area contributed by atoms with Gasteiger partial charge in [-0.3, -0.25) is 4.79 Å². The fourth-order valence-electron chi connectivity index (χ4n) is 2.87. The molecule has 0 bridgehead atoms. The summed E-state index contributed by atoms with van der Waals surface area (Å²) < 4.78 is 5.87. The molecule has 3 nitrogen and oxygen atoms in total. The standard InChI is InChI=1S/C22H31NO2/c1-3-5-6-7-8-9-15-25-21-13-12-18-16-20(11-10-19(18)17-21)22(24)23-14-4-2/h10-13,16-17H,3-9,14-15H2,1-2H3,(H,23,24). The first-order valence-corrected chi connectivity index (χ1v) is 9.69. The molecule has 0 fully saturated rings. The SMILES string of the molecule is CCCCCCCCOc1ccc2cc(C(=O)NCCC)ccc2c1. The third-order valence-corrected chi connectivity index (χ3v) is 4.38. The van der Waals surface area contributed by atoms with E-state index in [1.807, 2.05) is 37.3 Å². The van der Waals surface area contributed by atoms with E-state index in [0.717, 1.165) is 36.0 Å².